The zero-order valence-corrected chi connectivity index (χ0v) is 30.9. The third-order valence-electron chi connectivity index (χ3n) is 8.88. The molecule has 0 aliphatic heterocycles. The van der Waals surface area contributed by atoms with Gasteiger partial charge in [-0.05, 0) is 97.7 Å². The number of halogens is 1. The third kappa shape index (κ3) is 9.54. The van der Waals surface area contributed by atoms with E-state index < -0.39 is 37.5 Å². The van der Waals surface area contributed by atoms with Crippen LogP contribution in [0.2, 0.25) is 18.1 Å². The van der Waals surface area contributed by atoms with E-state index in [9.17, 15) is 19.7 Å². The molecule has 1 amide bonds. The Kier molecular flexibility index (Phi) is 12.1. The van der Waals surface area contributed by atoms with Crippen molar-refractivity contribution in [3.8, 4) is 5.75 Å². The summed E-state index contributed by atoms with van der Waals surface area (Å²) in [5.41, 5.74) is 0.301. The molecule has 254 valence electrons. The Morgan fingerprint density at radius 2 is 1.63 bits per heavy atom. The van der Waals surface area contributed by atoms with Crippen LogP contribution in [0.25, 0.3) is 0 Å². The lowest BCUT2D eigenvalue weighted by Gasteiger charge is -2.51. The third-order valence-corrected chi connectivity index (χ3v) is 10.1. The van der Waals surface area contributed by atoms with Crippen molar-refractivity contribution in [2.75, 3.05) is 7.11 Å². The summed E-state index contributed by atoms with van der Waals surface area (Å²) >= 11 is 6.85. The molecule has 11 heteroatoms. The summed E-state index contributed by atoms with van der Waals surface area (Å²) in [7, 11) is 0.0307. The summed E-state index contributed by atoms with van der Waals surface area (Å²) in [6, 6.07) is 10.9. The van der Waals surface area contributed by atoms with Crippen molar-refractivity contribution in [1.82, 2.24) is 5.32 Å². The highest BCUT2D eigenvalue weighted by Gasteiger charge is 2.53. The lowest BCUT2D eigenvalue weighted by atomic mass is 9.58. The molecule has 1 saturated carbocycles. The molecule has 0 saturated heterocycles. The maximum absolute atomic E-state index is 13.7. The van der Waals surface area contributed by atoms with Crippen molar-refractivity contribution in [2.45, 2.75) is 98.9 Å². The topological polar surface area (TPSA) is 117 Å². The Morgan fingerprint density at radius 3 is 2.11 bits per heavy atom. The van der Waals surface area contributed by atoms with Gasteiger partial charge in [0.15, 0.2) is 9.04 Å². The molecule has 9 nitrogen and oxygen atoms in total. The van der Waals surface area contributed by atoms with E-state index >= 15 is 0 Å². The molecular formula is C35H51ClN2O7Si. The number of aryl methyl sites for hydroxylation is 1. The normalized spacial score (nSPS) is 19.4. The van der Waals surface area contributed by atoms with E-state index in [-0.39, 0.29) is 40.2 Å². The summed E-state index contributed by atoms with van der Waals surface area (Å²) in [4.78, 5) is 37.7. The Morgan fingerprint density at radius 1 is 1.02 bits per heavy atom. The molecule has 1 aliphatic rings. The monoisotopic (exact) mass is 674 g/mol. The van der Waals surface area contributed by atoms with Gasteiger partial charge in [-0.15, -0.1) is 0 Å². The van der Waals surface area contributed by atoms with Crippen LogP contribution < -0.4 is 10.1 Å². The highest BCUT2D eigenvalue weighted by atomic mass is 35.5. The summed E-state index contributed by atoms with van der Waals surface area (Å²) in [5.74, 6) is -0.926. The molecule has 1 N–H and O–H groups in total. The zero-order chi connectivity index (χ0) is 34.6. The second-order valence-corrected chi connectivity index (χ2v) is 18.1. The lowest BCUT2D eigenvalue weighted by Crippen LogP contribution is -2.58. The fourth-order valence-corrected chi connectivity index (χ4v) is 7.95. The number of carbonyl (C=O) groups is 2. The van der Waals surface area contributed by atoms with Crippen LogP contribution in [0.3, 0.4) is 0 Å². The van der Waals surface area contributed by atoms with Crippen LogP contribution in [-0.4, -0.2) is 39.2 Å². The van der Waals surface area contributed by atoms with Crippen LogP contribution in [0.5, 0.6) is 5.75 Å². The summed E-state index contributed by atoms with van der Waals surface area (Å²) in [5, 5.41) is 14.6. The summed E-state index contributed by atoms with van der Waals surface area (Å²) < 4.78 is 17.5. The molecule has 2 aromatic carbocycles. The SMILES string of the molecule is COC(=O)C(C1CC(C(O[SiH](C)C)C(C)(C)C)C1)C(C)(NC(=O)Oc1ccc([N+](=O)[O-])cc1)c1ccc(CCC(C)(C)C)c(Cl)c1. The van der Waals surface area contributed by atoms with E-state index in [0.29, 0.717) is 10.6 Å². The average molecular weight is 675 g/mol. The quantitative estimate of drug-likeness (QED) is 0.104. The van der Waals surface area contributed by atoms with Crippen LogP contribution in [-0.2, 0) is 25.9 Å². The van der Waals surface area contributed by atoms with E-state index in [1.54, 1.807) is 6.92 Å². The first-order valence-electron chi connectivity index (χ1n) is 16.0. The van der Waals surface area contributed by atoms with Gasteiger partial charge in [0.2, 0.25) is 0 Å². The Hall–Kier alpha value is -2.95. The Bertz CT molecular complexity index is 1380. The lowest BCUT2D eigenvalue weighted by molar-refractivity contribution is -0.384. The van der Waals surface area contributed by atoms with Crippen molar-refractivity contribution in [2.24, 2.45) is 28.6 Å². The number of ether oxygens (including phenoxy) is 2. The Balaban J connectivity index is 2.00. The Labute approximate surface area is 280 Å². The second-order valence-electron chi connectivity index (χ2n) is 15.3. The molecule has 2 aromatic rings. The first kappa shape index (κ1) is 37.5. The average Bonchev–Trinajstić information content (AvgIpc) is 2.91. The van der Waals surface area contributed by atoms with Crippen LogP contribution >= 0.6 is 11.6 Å². The zero-order valence-electron chi connectivity index (χ0n) is 28.9. The van der Waals surface area contributed by atoms with Crippen LogP contribution in [0.4, 0.5) is 10.5 Å². The maximum atomic E-state index is 13.7. The van der Waals surface area contributed by atoms with Crippen LogP contribution in [0.15, 0.2) is 42.5 Å². The minimum Gasteiger partial charge on any atom is -0.469 e. The molecule has 0 bridgehead atoms. The molecule has 1 fully saturated rings. The van der Waals surface area contributed by atoms with Crippen molar-refractivity contribution in [3.05, 3.63) is 68.7 Å². The number of non-ortho nitro benzene ring substituents is 1. The molecule has 0 aromatic heterocycles. The number of nitro groups is 1. The number of methoxy groups -OCH3 is 1. The van der Waals surface area contributed by atoms with E-state index in [0.717, 1.165) is 31.2 Å². The van der Waals surface area contributed by atoms with Gasteiger partial charge < -0.3 is 19.2 Å². The van der Waals surface area contributed by atoms with Gasteiger partial charge in [-0.3, -0.25) is 14.9 Å². The molecular weight excluding hydrogens is 624 g/mol. The predicted octanol–water partition coefficient (Wildman–Crippen LogP) is 8.46. The first-order chi connectivity index (χ1) is 21.2. The molecule has 3 rings (SSSR count). The number of esters is 1. The minimum absolute atomic E-state index is 0.0524. The first-order valence-corrected chi connectivity index (χ1v) is 19.2. The maximum Gasteiger partial charge on any atom is 0.413 e. The van der Waals surface area contributed by atoms with Crippen LogP contribution in [0, 0.1) is 38.7 Å². The van der Waals surface area contributed by atoms with E-state index in [4.69, 9.17) is 25.5 Å². The van der Waals surface area contributed by atoms with Gasteiger partial charge in [-0.25, -0.2) is 4.79 Å². The fraction of sp³-hybridized carbons (Fsp3) is 0.600. The highest BCUT2D eigenvalue weighted by molar-refractivity contribution is 6.48. The van der Waals surface area contributed by atoms with Gasteiger partial charge in [-0.2, -0.15) is 0 Å². The van der Waals surface area contributed by atoms with Crippen LogP contribution in [0.1, 0.15) is 78.9 Å². The van der Waals surface area contributed by atoms with Gasteiger partial charge in [0, 0.05) is 17.2 Å². The molecule has 3 unspecified atom stereocenters. The molecule has 0 heterocycles. The number of rotatable bonds is 12. The summed E-state index contributed by atoms with van der Waals surface area (Å²) in [6.07, 6.45) is 2.43. The number of carbonyl (C=O) groups excluding carboxylic acids is 2. The highest BCUT2D eigenvalue weighted by Crippen LogP contribution is 2.51. The molecule has 0 radical (unpaired) electrons. The number of nitrogens with one attached hydrogen (secondary N) is 1. The number of hydrogen-bond acceptors (Lipinski definition) is 7. The number of hydrogen-bond donors (Lipinski definition) is 1. The fourth-order valence-electron chi connectivity index (χ4n) is 6.46. The second kappa shape index (κ2) is 14.9. The standard InChI is InChI=1S/C35H51ClN2O7Si/c1-33(2,3)18-17-22-11-12-25(21-28(22)36)35(7,37-32(40)44-27-15-13-26(14-16-27)38(41)42)29(31(39)43-8)23-19-24(20-23)30(34(4,5)6)45-46(9)10/h11-16,21,23-24,29-30,46H,17-20H2,1-10H3,(H,37,40). The van der Waals surface area contributed by atoms with E-state index in [1.807, 2.05) is 18.2 Å². The molecule has 1 aliphatic carbocycles. The largest absolute Gasteiger partial charge is 0.469 e. The molecule has 0 spiro atoms. The van der Waals surface area contributed by atoms with Gasteiger partial charge in [-0.1, -0.05) is 65.3 Å². The van der Waals surface area contributed by atoms with Gasteiger partial charge in [0.05, 0.1) is 29.6 Å². The number of amides is 1. The molecule has 3 atom stereocenters. The van der Waals surface area contributed by atoms with Crippen molar-refractivity contribution in [3.63, 3.8) is 0 Å². The van der Waals surface area contributed by atoms with Crippen molar-refractivity contribution in [1.29, 1.82) is 0 Å². The van der Waals surface area contributed by atoms with Gasteiger partial charge in [0.1, 0.15) is 5.75 Å². The van der Waals surface area contributed by atoms with E-state index in [2.05, 4.69) is 60.0 Å². The van der Waals surface area contributed by atoms with Crippen molar-refractivity contribution >= 4 is 38.4 Å². The smallest absolute Gasteiger partial charge is 0.413 e. The summed E-state index contributed by atoms with van der Waals surface area (Å²) in [6.45, 7) is 19.2. The van der Waals surface area contributed by atoms with E-state index in [1.165, 1.54) is 31.4 Å². The van der Waals surface area contributed by atoms with Crippen molar-refractivity contribution < 1.29 is 28.4 Å². The number of benzene rings is 2. The minimum atomic E-state index is -1.33. The van der Waals surface area contributed by atoms with Gasteiger partial charge in [0.25, 0.3) is 5.69 Å². The number of nitro benzene ring substituents is 1. The predicted molar refractivity (Wildman–Crippen MR) is 184 cm³/mol. The molecule has 46 heavy (non-hydrogen) atoms. The van der Waals surface area contributed by atoms with Gasteiger partial charge >= 0.3 is 12.1 Å². The number of nitrogens with zero attached hydrogens (tertiary/aromatic N) is 1.